The first-order valence-electron chi connectivity index (χ1n) is 19.7. The summed E-state index contributed by atoms with van der Waals surface area (Å²) in [5, 5.41) is 20.4. The molecule has 5 atom stereocenters. The Bertz CT molecular complexity index is 1760. The van der Waals surface area contributed by atoms with E-state index in [-0.39, 0.29) is 43.5 Å². The van der Waals surface area contributed by atoms with Crippen molar-refractivity contribution in [2.45, 2.75) is 135 Å². The van der Waals surface area contributed by atoms with Gasteiger partial charge < -0.3 is 30.9 Å². The van der Waals surface area contributed by atoms with Gasteiger partial charge in [-0.05, 0) is 61.1 Å². The lowest BCUT2D eigenvalue weighted by Gasteiger charge is -2.37. The van der Waals surface area contributed by atoms with Crippen LogP contribution in [-0.4, -0.2) is 93.0 Å². The van der Waals surface area contributed by atoms with Crippen LogP contribution in [0.15, 0.2) is 42.9 Å². The van der Waals surface area contributed by atoms with Crippen molar-refractivity contribution in [3.05, 3.63) is 54.1 Å². The number of aromatic nitrogens is 2. The number of carbonyl (C=O) groups is 6. The summed E-state index contributed by atoms with van der Waals surface area (Å²) in [7, 11) is 0. The fourth-order valence-corrected chi connectivity index (χ4v) is 7.36. The van der Waals surface area contributed by atoms with Gasteiger partial charge in [-0.25, -0.2) is 4.98 Å². The molecule has 3 aliphatic rings. The van der Waals surface area contributed by atoms with E-state index in [0.29, 0.717) is 25.0 Å². The number of benzene rings is 1. The fourth-order valence-electron chi connectivity index (χ4n) is 7.36. The third kappa shape index (κ3) is 11.1. The van der Waals surface area contributed by atoms with Crippen LogP contribution in [0.25, 0.3) is 0 Å². The number of hydrogen-bond donors (Lipinski definition) is 4. The predicted molar refractivity (Wildman–Crippen MR) is 205 cm³/mol. The molecule has 0 bridgehead atoms. The molecule has 1 aromatic heterocycles. The van der Waals surface area contributed by atoms with Crippen LogP contribution >= 0.6 is 0 Å². The SMILES string of the molecule is CCC[C@H](NC(=O)[C@@H]1C[C@@H](Oc2ccc(CC#N)cc2)CN1C(=O)[C@@H](NC(=O)[C@@H](NC(=O)c1cnccn1)C1CCCCC1)C(C)(C)C)C(=O)C(=O)NC1CC1. The van der Waals surface area contributed by atoms with Crippen molar-refractivity contribution in [2.75, 3.05) is 6.54 Å². The van der Waals surface area contributed by atoms with Gasteiger partial charge in [-0.3, -0.25) is 33.8 Å². The van der Waals surface area contributed by atoms with Crippen LogP contribution in [-0.2, 0) is 30.4 Å². The van der Waals surface area contributed by atoms with Gasteiger partial charge in [0.1, 0.15) is 35.7 Å². The van der Waals surface area contributed by atoms with Crippen molar-refractivity contribution in [3.63, 3.8) is 0 Å². The van der Waals surface area contributed by atoms with Gasteiger partial charge in [0.05, 0.1) is 31.3 Å². The number of Topliss-reactive ketones (excluding diaryl/α,β-unsaturated/α-hetero) is 1. The Hall–Kier alpha value is -5.39. The zero-order chi connectivity index (χ0) is 40.4. The second-order valence-electron chi connectivity index (χ2n) is 16.2. The molecule has 15 nitrogen and oxygen atoms in total. The number of nitrogens with zero attached hydrogens (tertiary/aromatic N) is 4. The van der Waals surface area contributed by atoms with Gasteiger partial charge in [-0.1, -0.05) is 65.5 Å². The number of nitriles is 1. The van der Waals surface area contributed by atoms with Gasteiger partial charge in [0, 0.05) is 24.9 Å². The maximum absolute atomic E-state index is 14.8. The maximum Gasteiger partial charge on any atom is 0.289 e. The van der Waals surface area contributed by atoms with E-state index in [1.807, 2.05) is 6.92 Å². The zero-order valence-electron chi connectivity index (χ0n) is 32.7. The molecule has 0 unspecified atom stereocenters. The molecule has 300 valence electrons. The monoisotopic (exact) mass is 770 g/mol. The minimum atomic E-state index is -1.13. The van der Waals surface area contributed by atoms with Gasteiger partial charge in [-0.15, -0.1) is 0 Å². The highest BCUT2D eigenvalue weighted by atomic mass is 16.5. The molecule has 3 fully saturated rings. The van der Waals surface area contributed by atoms with E-state index in [0.717, 1.165) is 37.7 Å². The van der Waals surface area contributed by atoms with E-state index in [1.165, 1.54) is 23.5 Å². The molecule has 0 spiro atoms. The number of hydrogen-bond acceptors (Lipinski definition) is 10. The van der Waals surface area contributed by atoms with Crippen LogP contribution in [0.4, 0.5) is 0 Å². The average molecular weight is 771 g/mol. The van der Waals surface area contributed by atoms with Crippen molar-refractivity contribution in [1.82, 2.24) is 36.1 Å². The molecule has 1 aromatic carbocycles. The van der Waals surface area contributed by atoms with E-state index in [1.54, 1.807) is 45.0 Å². The standard InChI is InChI=1S/C41H54N8O7/c1-5-9-30(34(50)39(54)45-27-14-15-27)46-37(52)32-22-29(56-28-16-12-25(13-17-28)18-19-42)24-49(32)40(55)35(41(2,3)4)48-38(53)33(26-10-7-6-8-11-26)47-36(51)31-23-43-20-21-44-31/h12-13,16-17,20-21,23,26-27,29-30,32-33,35H,5-11,14-15,18,22,24H2,1-4H3,(H,45,54)(H,46,52)(H,47,51)(H,48,53)/t29-,30+,32+,33+,35-/m1/s1. The lowest BCUT2D eigenvalue weighted by atomic mass is 9.82. The normalized spacial score (nSPS) is 20.1. The minimum absolute atomic E-state index is 0.0106. The van der Waals surface area contributed by atoms with E-state index >= 15 is 0 Å². The summed E-state index contributed by atoms with van der Waals surface area (Å²) in [5.41, 5.74) is 0.0173. The topological polar surface area (TPSA) is 213 Å². The Kier molecular flexibility index (Phi) is 14.1. The molecule has 1 saturated heterocycles. The lowest BCUT2D eigenvalue weighted by Crippen LogP contribution is -2.62. The minimum Gasteiger partial charge on any atom is -0.488 e. The Morgan fingerprint density at radius 2 is 1.68 bits per heavy atom. The average Bonchev–Trinajstić information content (AvgIpc) is 3.91. The molecule has 0 radical (unpaired) electrons. The Balaban J connectivity index is 1.40. The van der Waals surface area contributed by atoms with E-state index in [9.17, 15) is 28.8 Å². The first-order chi connectivity index (χ1) is 26.8. The van der Waals surface area contributed by atoms with Crippen LogP contribution in [0.3, 0.4) is 0 Å². The first kappa shape index (κ1) is 41.8. The molecular formula is C41H54N8O7. The van der Waals surface area contributed by atoms with E-state index < -0.39 is 71.0 Å². The molecule has 5 amide bonds. The molecule has 5 rings (SSSR count). The molecule has 2 aromatic rings. The van der Waals surface area contributed by atoms with Gasteiger partial charge in [-0.2, -0.15) is 5.26 Å². The third-order valence-corrected chi connectivity index (χ3v) is 10.6. The number of ether oxygens (including phenoxy) is 1. The number of ketones is 1. The zero-order valence-corrected chi connectivity index (χ0v) is 32.7. The van der Waals surface area contributed by atoms with Gasteiger partial charge in [0.2, 0.25) is 23.5 Å². The van der Waals surface area contributed by atoms with Crippen LogP contribution < -0.4 is 26.0 Å². The van der Waals surface area contributed by atoms with Crippen molar-refractivity contribution in [2.24, 2.45) is 11.3 Å². The second-order valence-corrected chi connectivity index (χ2v) is 16.2. The highest BCUT2D eigenvalue weighted by Crippen LogP contribution is 2.31. The van der Waals surface area contributed by atoms with Gasteiger partial charge >= 0.3 is 0 Å². The first-order valence-corrected chi connectivity index (χ1v) is 19.7. The number of amides is 5. The molecule has 2 aliphatic carbocycles. The summed E-state index contributed by atoms with van der Waals surface area (Å²) in [6.07, 6.45) is 10.4. The quantitative estimate of drug-likeness (QED) is 0.183. The van der Waals surface area contributed by atoms with Crippen LogP contribution in [0.2, 0.25) is 0 Å². The van der Waals surface area contributed by atoms with Crippen molar-refractivity contribution < 1.29 is 33.5 Å². The summed E-state index contributed by atoms with van der Waals surface area (Å²) in [6, 6.07) is 4.77. The Labute approximate surface area is 328 Å². The number of rotatable bonds is 16. The highest BCUT2D eigenvalue weighted by Gasteiger charge is 2.47. The molecule has 4 N–H and O–H groups in total. The highest BCUT2D eigenvalue weighted by molar-refractivity contribution is 6.38. The largest absolute Gasteiger partial charge is 0.488 e. The maximum atomic E-state index is 14.8. The van der Waals surface area contributed by atoms with E-state index in [2.05, 4.69) is 37.3 Å². The number of carbonyl (C=O) groups excluding carboxylic acids is 6. The number of likely N-dealkylation sites (tertiary alicyclic amines) is 1. The lowest BCUT2D eigenvalue weighted by molar-refractivity contribution is -0.145. The predicted octanol–water partition coefficient (Wildman–Crippen LogP) is 2.93. The summed E-state index contributed by atoms with van der Waals surface area (Å²) >= 11 is 0. The molecule has 15 heteroatoms. The molecule has 1 aliphatic heterocycles. The van der Waals surface area contributed by atoms with Crippen molar-refractivity contribution >= 4 is 35.3 Å². The molecule has 56 heavy (non-hydrogen) atoms. The molecule has 2 heterocycles. The van der Waals surface area contributed by atoms with Crippen molar-refractivity contribution in [1.29, 1.82) is 5.26 Å². The molecule has 2 saturated carbocycles. The summed E-state index contributed by atoms with van der Waals surface area (Å²) < 4.78 is 6.27. The van der Waals surface area contributed by atoms with Crippen LogP contribution in [0, 0.1) is 22.7 Å². The second kappa shape index (κ2) is 19.0. The van der Waals surface area contributed by atoms with Crippen LogP contribution in [0.5, 0.6) is 5.75 Å². The summed E-state index contributed by atoms with van der Waals surface area (Å²) in [6.45, 7) is 7.25. The Morgan fingerprint density at radius 1 is 0.964 bits per heavy atom. The van der Waals surface area contributed by atoms with Crippen LogP contribution in [0.1, 0.15) is 108 Å². The smallest absolute Gasteiger partial charge is 0.289 e. The third-order valence-electron chi connectivity index (χ3n) is 10.6. The Morgan fingerprint density at radius 3 is 2.29 bits per heavy atom. The van der Waals surface area contributed by atoms with Gasteiger partial charge in [0.25, 0.3) is 11.8 Å². The summed E-state index contributed by atoms with van der Waals surface area (Å²) in [4.78, 5) is 91.9. The summed E-state index contributed by atoms with van der Waals surface area (Å²) in [5.74, 6) is -3.41. The molecular weight excluding hydrogens is 716 g/mol. The van der Waals surface area contributed by atoms with Crippen molar-refractivity contribution in [3.8, 4) is 11.8 Å². The number of nitrogens with one attached hydrogen (secondary N) is 4. The van der Waals surface area contributed by atoms with Gasteiger partial charge in [0.15, 0.2) is 0 Å². The van der Waals surface area contributed by atoms with E-state index in [4.69, 9.17) is 10.00 Å². The fraction of sp³-hybridized carbons (Fsp3) is 0.585.